The van der Waals surface area contributed by atoms with Crippen LogP contribution in [0.5, 0.6) is 0 Å². The van der Waals surface area contributed by atoms with Gasteiger partial charge in [-0.3, -0.25) is 5.32 Å². The summed E-state index contributed by atoms with van der Waals surface area (Å²) < 4.78 is 0. The molecule has 3 N–H and O–H groups in total. The summed E-state index contributed by atoms with van der Waals surface area (Å²) in [6, 6.07) is 9.99. The molecule has 0 aliphatic rings. The molecule has 0 aromatic heterocycles. The van der Waals surface area contributed by atoms with Crippen LogP contribution < -0.4 is 5.32 Å². The van der Waals surface area contributed by atoms with E-state index in [2.05, 4.69) is 5.32 Å². The van der Waals surface area contributed by atoms with Crippen LogP contribution in [-0.2, 0) is 6.42 Å². The number of terminal acetylenes is 1. The van der Waals surface area contributed by atoms with Gasteiger partial charge in [-0.1, -0.05) is 30.3 Å². The Morgan fingerprint density at radius 2 is 1.93 bits per heavy atom. The summed E-state index contributed by atoms with van der Waals surface area (Å²) in [5.41, 5.74) is 1.22. The Morgan fingerprint density at radius 3 is 2.53 bits per heavy atom. The average Bonchev–Trinajstić information content (AvgIpc) is 2.26. The molecule has 1 aromatic rings. The van der Waals surface area contributed by atoms with Gasteiger partial charge in [0.05, 0.1) is 0 Å². The van der Waals surface area contributed by atoms with E-state index in [1.165, 1.54) is 5.56 Å². The van der Waals surface area contributed by atoms with Crippen molar-refractivity contribution < 1.29 is 10.2 Å². The first-order valence-electron chi connectivity index (χ1n) is 4.85. The quantitative estimate of drug-likeness (QED) is 0.372. The molecule has 0 aliphatic heterocycles. The lowest BCUT2D eigenvalue weighted by atomic mass is 10.1. The molecule has 0 aliphatic carbocycles. The maximum atomic E-state index is 9.03. The van der Waals surface area contributed by atoms with Crippen LogP contribution in [0.2, 0.25) is 0 Å². The molecule has 15 heavy (non-hydrogen) atoms. The molecule has 0 spiro atoms. The zero-order valence-corrected chi connectivity index (χ0v) is 8.48. The SMILES string of the molecule is C#CC(O)(O)NCCCc1ccccc1. The van der Waals surface area contributed by atoms with Gasteiger partial charge in [-0.2, -0.15) is 0 Å². The highest BCUT2D eigenvalue weighted by Crippen LogP contribution is 2.02. The summed E-state index contributed by atoms with van der Waals surface area (Å²) in [5.74, 6) is -0.344. The van der Waals surface area contributed by atoms with Crippen LogP contribution in [0.1, 0.15) is 12.0 Å². The number of aryl methyl sites for hydroxylation is 1. The number of hydrogen-bond donors (Lipinski definition) is 3. The fraction of sp³-hybridized carbons (Fsp3) is 0.333. The number of aliphatic hydroxyl groups is 2. The molecule has 3 heteroatoms. The molecule has 0 atom stereocenters. The van der Waals surface area contributed by atoms with E-state index < -0.39 is 5.91 Å². The molecule has 80 valence electrons. The second-order valence-corrected chi connectivity index (χ2v) is 3.33. The number of hydrogen-bond acceptors (Lipinski definition) is 3. The van der Waals surface area contributed by atoms with Crippen LogP contribution in [0, 0.1) is 12.3 Å². The maximum absolute atomic E-state index is 9.03. The van der Waals surface area contributed by atoms with Crippen LogP contribution in [0.4, 0.5) is 0 Å². The molecular weight excluding hydrogens is 190 g/mol. The highest BCUT2D eigenvalue weighted by molar-refractivity contribution is 5.14. The molecular formula is C12H15NO2. The Labute approximate surface area is 89.8 Å². The van der Waals surface area contributed by atoms with Crippen molar-refractivity contribution in [3.63, 3.8) is 0 Å². The summed E-state index contributed by atoms with van der Waals surface area (Å²) in [6.07, 6.45) is 6.57. The molecule has 0 fully saturated rings. The number of rotatable bonds is 5. The lowest BCUT2D eigenvalue weighted by Gasteiger charge is -2.15. The fourth-order valence-electron chi connectivity index (χ4n) is 1.25. The van der Waals surface area contributed by atoms with Crippen molar-refractivity contribution in [2.45, 2.75) is 18.8 Å². The minimum Gasteiger partial charge on any atom is -0.343 e. The molecule has 3 nitrogen and oxygen atoms in total. The molecule has 1 aromatic carbocycles. The Hall–Kier alpha value is -1.34. The van der Waals surface area contributed by atoms with Gasteiger partial charge in [-0.25, -0.2) is 0 Å². The van der Waals surface area contributed by atoms with Crippen LogP contribution in [0.15, 0.2) is 30.3 Å². The molecule has 0 saturated carbocycles. The van der Waals surface area contributed by atoms with E-state index >= 15 is 0 Å². The average molecular weight is 205 g/mol. The van der Waals surface area contributed by atoms with E-state index in [0.717, 1.165) is 12.8 Å². The van der Waals surface area contributed by atoms with Gasteiger partial charge < -0.3 is 10.2 Å². The minimum atomic E-state index is -2.18. The molecule has 1 rings (SSSR count). The minimum absolute atomic E-state index is 0.464. The highest BCUT2D eigenvalue weighted by atomic mass is 16.5. The van der Waals surface area contributed by atoms with Crippen molar-refractivity contribution in [3.8, 4) is 12.3 Å². The van der Waals surface area contributed by atoms with Crippen LogP contribution in [-0.4, -0.2) is 22.7 Å². The van der Waals surface area contributed by atoms with E-state index in [0.29, 0.717) is 6.54 Å². The zero-order chi connectivity index (χ0) is 11.1. The van der Waals surface area contributed by atoms with Crippen LogP contribution >= 0.6 is 0 Å². The van der Waals surface area contributed by atoms with Crippen LogP contribution in [0.3, 0.4) is 0 Å². The molecule has 0 amide bonds. The smallest absolute Gasteiger partial charge is 0.290 e. The van der Waals surface area contributed by atoms with Gasteiger partial charge in [-0.15, -0.1) is 6.42 Å². The summed E-state index contributed by atoms with van der Waals surface area (Å²) in [6.45, 7) is 0.464. The largest absolute Gasteiger partial charge is 0.343 e. The van der Waals surface area contributed by atoms with E-state index in [-0.39, 0.29) is 0 Å². The standard InChI is InChI=1S/C12H15NO2/c1-2-12(14,15)13-10-6-9-11-7-4-3-5-8-11/h1,3-5,7-8,13-15H,6,9-10H2. The van der Waals surface area contributed by atoms with E-state index in [9.17, 15) is 0 Å². The second kappa shape index (κ2) is 5.52. The predicted molar refractivity (Wildman–Crippen MR) is 58.8 cm³/mol. The number of benzene rings is 1. The van der Waals surface area contributed by atoms with Gasteiger partial charge in [0.2, 0.25) is 0 Å². The van der Waals surface area contributed by atoms with Crippen molar-refractivity contribution in [1.29, 1.82) is 0 Å². The summed E-state index contributed by atoms with van der Waals surface area (Å²) in [5, 5.41) is 20.5. The summed E-state index contributed by atoms with van der Waals surface area (Å²) in [7, 11) is 0. The van der Waals surface area contributed by atoms with Crippen LogP contribution in [0.25, 0.3) is 0 Å². The normalized spacial score (nSPS) is 11.0. The molecule has 0 saturated heterocycles. The topological polar surface area (TPSA) is 52.5 Å². The third-order valence-electron chi connectivity index (χ3n) is 2.06. The van der Waals surface area contributed by atoms with E-state index in [1.54, 1.807) is 0 Å². The Balaban J connectivity index is 2.21. The van der Waals surface area contributed by atoms with Gasteiger partial charge in [0, 0.05) is 6.54 Å². The maximum Gasteiger partial charge on any atom is 0.290 e. The lowest BCUT2D eigenvalue weighted by molar-refractivity contribution is -0.134. The fourth-order valence-corrected chi connectivity index (χ4v) is 1.25. The van der Waals surface area contributed by atoms with Crippen molar-refractivity contribution in [2.24, 2.45) is 0 Å². The molecule has 0 bridgehead atoms. The summed E-state index contributed by atoms with van der Waals surface area (Å²) in [4.78, 5) is 0. The molecule has 0 unspecified atom stereocenters. The predicted octanol–water partition coefficient (Wildman–Crippen LogP) is 0.480. The van der Waals surface area contributed by atoms with Crippen molar-refractivity contribution in [3.05, 3.63) is 35.9 Å². The van der Waals surface area contributed by atoms with Gasteiger partial charge in [0.25, 0.3) is 5.91 Å². The van der Waals surface area contributed by atoms with Gasteiger partial charge in [0.15, 0.2) is 0 Å². The van der Waals surface area contributed by atoms with Gasteiger partial charge in [-0.05, 0) is 24.3 Å². The van der Waals surface area contributed by atoms with Crippen molar-refractivity contribution in [1.82, 2.24) is 5.32 Å². The lowest BCUT2D eigenvalue weighted by Crippen LogP contribution is -2.44. The first-order valence-corrected chi connectivity index (χ1v) is 4.85. The third kappa shape index (κ3) is 4.61. The second-order valence-electron chi connectivity index (χ2n) is 3.33. The van der Waals surface area contributed by atoms with Crippen molar-refractivity contribution >= 4 is 0 Å². The van der Waals surface area contributed by atoms with E-state index in [1.807, 2.05) is 36.3 Å². The first kappa shape index (κ1) is 11.7. The van der Waals surface area contributed by atoms with Crippen molar-refractivity contribution in [2.75, 3.05) is 6.54 Å². The monoisotopic (exact) mass is 205 g/mol. The molecule has 0 radical (unpaired) electrons. The highest BCUT2D eigenvalue weighted by Gasteiger charge is 2.16. The molecule has 0 heterocycles. The van der Waals surface area contributed by atoms with Gasteiger partial charge in [0.1, 0.15) is 0 Å². The Kier molecular flexibility index (Phi) is 4.32. The summed E-state index contributed by atoms with van der Waals surface area (Å²) >= 11 is 0. The Morgan fingerprint density at radius 1 is 1.27 bits per heavy atom. The zero-order valence-electron chi connectivity index (χ0n) is 8.48. The number of nitrogens with one attached hydrogen (secondary N) is 1. The van der Waals surface area contributed by atoms with Gasteiger partial charge >= 0.3 is 0 Å². The third-order valence-corrected chi connectivity index (χ3v) is 2.06. The van der Waals surface area contributed by atoms with E-state index in [4.69, 9.17) is 16.6 Å². The Bertz CT molecular complexity index is 327. The first-order chi connectivity index (χ1) is 7.14.